The zero-order valence-corrected chi connectivity index (χ0v) is 18.2. The van der Waals surface area contributed by atoms with E-state index in [1.807, 2.05) is 0 Å². The maximum atomic E-state index is 14.9. The Balaban J connectivity index is 3.56. The molecule has 0 saturated carbocycles. The molecule has 32 heavy (non-hydrogen) atoms. The van der Waals surface area contributed by atoms with E-state index in [0.717, 1.165) is 34.8 Å². The first-order chi connectivity index (χ1) is 14.7. The average molecular weight is 466 g/mol. The van der Waals surface area contributed by atoms with Crippen molar-refractivity contribution in [1.29, 1.82) is 0 Å². The van der Waals surface area contributed by atoms with Crippen LogP contribution in [0.3, 0.4) is 0 Å². The summed E-state index contributed by atoms with van der Waals surface area (Å²) in [6.45, 7) is 3.46. The fourth-order valence-corrected chi connectivity index (χ4v) is 3.15. The van der Waals surface area contributed by atoms with Crippen LogP contribution in [-0.2, 0) is 47.7 Å². The number of esters is 4. The lowest BCUT2D eigenvalue weighted by atomic mass is 9.85. The molecular formula is C18H27FN2O11. The molecule has 182 valence electrons. The third-order valence-electron chi connectivity index (χ3n) is 4.40. The first-order valence-corrected chi connectivity index (χ1v) is 9.37. The zero-order valence-electron chi connectivity index (χ0n) is 18.2. The second-order valence-electron chi connectivity index (χ2n) is 7.00. The van der Waals surface area contributed by atoms with Gasteiger partial charge in [0.05, 0.1) is 19.2 Å². The van der Waals surface area contributed by atoms with Crippen LogP contribution >= 0.6 is 0 Å². The van der Waals surface area contributed by atoms with Crippen molar-refractivity contribution < 1.29 is 57.2 Å². The van der Waals surface area contributed by atoms with Crippen LogP contribution in [0.15, 0.2) is 0 Å². The Kier molecular flexibility index (Phi) is 9.48. The molecule has 0 bridgehead atoms. The number of hydrogen-bond donors (Lipinski definition) is 3. The molecule has 4 N–H and O–H groups in total. The van der Waals surface area contributed by atoms with Crippen LogP contribution < -0.4 is 11.1 Å². The molecule has 0 aromatic rings. The molecular weight excluding hydrogens is 439 g/mol. The highest BCUT2D eigenvalue weighted by atomic mass is 19.1. The molecule has 1 fully saturated rings. The summed E-state index contributed by atoms with van der Waals surface area (Å²) < 4.78 is 39.6. The van der Waals surface area contributed by atoms with Crippen LogP contribution in [0.2, 0.25) is 0 Å². The predicted octanol–water partition coefficient (Wildman–Crippen LogP) is -2.16. The summed E-state index contributed by atoms with van der Waals surface area (Å²) in [6, 6.07) is -3.27. The molecule has 0 spiro atoms. The van der Waals surface area contributed by atoms with E-state index in [4.69, 9.17) is 24.7 Å². The number of aliphatic hydroxyl groups is 1. The molecule has 0 radical (unpaired) electrons. The molecule has 7 atom stereocenters. The maximum absolute atomic E-state index is 14.9. The maximum Gasteiger partial charge on any atom is 0.369 e. The zero-order chi connectivity index (χ0) is 24.8. The number of hydrogen-bond acceptors (Lipinski definition) is 12. The van der Waals surface area contributed by atoms with E-state index in [-0.39, 0.29) is 0 Å². The summed E-state index contributed by atoms with van der Waals surface area (Å²) in [7, 11) is 0.850. The normalized spacial score (nSPS) is 29.1. The van der Waals surface area contributed by atoms with Crippen molar-refractivity contribution in [2.75, 3.05) is 13.7 Å². The van der Waals surface area contributed by atoms with E-state index in [1.54, 1.807) is 0 Å². The summed E-state index contributed by atoms with van der Waals surface area (Å²) >= 11 is 0. The Morgan fingerprint density at radius 1 is 1.09 bits per heavy atom. The highest BCUT2D eigenvalue weighted by molar-refractivity contribution is 5.79. The molecule has 0 aromatic carbocycles. The smallest absolute Gasteiger partial charge is 0.369 e. The lowest BCUT2D eigenvalue weighted by Crippen LogP contribution is -2.75. The van der Waals surface area contributed by atoms with Gasteiger partial charge in [-0.15, -0.1) is 0 Å². The fraction of sp³-hybridized carbons (Fsp3) is 0.722. The molecule has 1 aliphatic heterocycles. The summed E-state index contributed by atoms with van der Waals surface area (Å²) in [5.41, 5.74) is 5.85. The van der Waals surface area contributed by atoms with Crippen LogP contribution in [0.5, 0.6) is 0 Å². The monoisotopic (exact) mass is 466 g/mol. The minimum absolute atomic E-state index is 0.648. The van der Waals surface area contributed by atoms with Crippen LogP contribution in [0.1, 0.15) is 27.7 Å². The first-order valence-electron chi connectivity index (χ1n) is 9.37. The van der Waals surface area contributed by atoms with E-state index >= 15 is 0 Å². The van der Waals surface area contributed by atoms with Gasteiger partial charge in [0.1, 0.15) is 12.7 Å². The average Bonchev–Trinajstić information content (AvgIpc) is 2.68. The number of carbonyl (C=O) groups is 5. The van der Waals surface area contributed by atoms with E-state index in [0.29, 0.717) is 0 Å². The van der Waals surface area contributed by atoms with E-state index < -0.39 is 78.7 Å². The van der Waals surface area contributed by atoms with Crippen LogP contribution in [0.4, 0.5) is 4.39 Å². The van der Waals surface area contributed by atoms with Gasteiger partial charge in [-0.2, -0.15) is 0 Å². The van der Waals surface area contributed by atoms with Crippen molar-refractivity contribution in [3.8, 4) is 0 Å². The van der Waals surface area contributed by atoms with Crippen molar-refractivity contribution in [2.45, 2.75) is 70.0 Å². The molecule has 4 unspecified atom stereocenters. The van der Waals surface area contributed by atoms with E-state index in [2.05, 4.69) is 10.1 Å². The minimum atomic E-state index is -3.26. The van der Waals surface area contributed by atoms with Gasteiger partial charge in [0.2, 0.25) is 5.91 Å². The number of amides is 1. The molecule has 13 nitrogen and oxygen atoms in total. The first kappa shape index (κ1) is 27.2. The number of ether oxygens (including phenoxy) is 5. The molecule has 1 aliphatic rings. The molecule has 0 aromatic heterocycles. The molecule has 14 heteroatoms. The third kappa shape index (κ3) is 6.58. The van der Waals surface area contributed by atoms with E-state index in [1.165, 1.54) is 0 Å². The van der Waals surface area contributed by atoms with Gasteiger partial charge in [-0.25, -0.2) is 9.18 Å². The highest BCUT2D eigenvalue weighted by Crippen LogP contribution is 2.34. The molecule has 1 rings (SSSR count). The number of rotatable bonds is 8. The van der Waals surface area contributed by atoms with Crippen molar-refractivity contribution in [1.82, 2.24) is 5.32 Å². The second-order valence-corrected chi connectivity index (χ2v) is 7.00. The summed E-state index contributed by atoms with van der Waals surface area (Å²) in [5.74, 6) is -8.13. The number of nitrogens with two attached hydrogens (primary N) is 1. The van der Waals surface area contributed by atoms with Gasteiger partial charge in [0.25, 0.3) is 0 Å². The number of alkyl halides is 1. The predicted molar refractivity (Wildman–Crippen MR) is 100 cm³/mol. The van der Waals surface area contributed by atoms with Gasteiger partial charge in [0, 0.05) is 27.7 Å². The van der Waals surface area contributed by atoms with Gasteiger partial charge < -0.3 is 39.8 Å². The number of nitrogens with one attached hydrogen (secondary N) is 1. The number of halogens is 1. The van der Waals surface area contributed by atoms with Gasteiger partial charge in [-0.3, -0.25) is 19.2 Å². The van der Waals surface area contributed by atoms with Gasteiger partial charge in [0.15, 0.2) is 18.4 Å². The Morgan fingerprint density at radius 3 is 2.09 bits per heavy atom. The quantitative estimate of drug-likeness (QED) is 0.260. The van der Waals surface area contributed by atoms with Crippen molar-refractivity contribution in [3.05, 3.63) is 0 Å². The van der Waals surface area contributed by atoms with Crippen LogP contribution in [-0.4, -0.2) is 91.0 Å². The highest BCUT2D eigenvalue weighted by Gasteiger charge is 2.62. The standard InChI is InChI=1S/C18H27FN2O11/c1-7(22)21-13-12(20)16(19)18(27,17(26)28-5)32-15(13)14(31-10(4)25)11(30-9(3)24)6-29-8(2)23/h11-16,27H,6,20H2,1-5H3,(H,21,22)/t11-,12?,13?,14-,15?,16?,18+/m1/s1. The Bertz CT molecular complexity index is 748. The van der Waals surface area contributed by atoms with E-state index in [9.17, 15) is 33.5 Å². The van der Waals surface area contributed by atoms with Crippen LogP contribution in [0, 0.1) is 0 Å². The SMILES string of the molecule is COC(=O)[C@@]1(O)OC([C@H](OC(C)=O)[C@@H](COC(C)=O)OC(C)=O)C(NC(C)=O)C(N)C1F. The van der Waals surface area contributed by atoms with Crippen molar-refractivity contribution >= 4 is 29.8 Å². The topological polar surface area (TPSA) is 190 Å². The van der Waals surface area contributed by atoms with Crippen molar-refractivity contribution in [2.24, 2.45) is 5.73 Å². The molecule has 0 aliphatic carbocycles. The van der Waals surface area contributed by atoms with Gasteiger partial charge in [-0.1, -0.05) is 0 Å². The largest absolute Gasteiger partial charge is 0.465 e. The Morgan fingerprint density at radius 2 is 1.66 bits per heavy atom. The Hall–Kier alpha value is -2.84. The molecule has 1 amide bonds. The Labute approximate surface area is 182 Å². The van der Waals surface area contributed by atoms with Gasteiger partial charge >= 0.3 is 29.7 Å². The molecule has 1 heterocycles. The summed E-state index contributed by atoms with van der Waals surface area (Å²) in [6.07, 6.45) is -7.61. The summed E-state index contributed by atoms with van der Waals surface area (Å²) in [4.78, 5) is 58.4. The number of methoxy groups -OCH3 is 1. The van der Waals surface area contributed by atoms with Crippen LogP contribution in [0.25, 0.3) is 0 Å². The summed E-state index contributed by atoms with van der Waals surface area (Å²) in [5, 5.41) is 12.9. The minimum Gasteiger partial charge on any atom is -0.465 e. The second kappa shape index (κ2) is 11.2. The third-order valence-corrected chi connectivity index (χ3v) is 4.40. The lowest BCUT2D eigenvalue weighted by molar-refractivity contribution is -0.307. The fourth-order valence-electron chi connectivity index (χ4n) is 3.15. The van der Waals surface area contributed by atoms with Gasteiger partial charge in [-0.05, 0) is 0 Å². The number of carbonyl (C=O) groups excluding carboxylic acids is 5. The molecule has 1 saturated heterocycles. The van der Waals surface area contributed by atoms with Crippen molar-refractivity contribution in [3.63, 3.8) is 0 Å². The lowest BCUT2D eigenvalue weighted by Gasteiger charge is -2.48.